The average molecular weight is 252 g/mol. The number of carbonyl (C=O) groups is 1. The molecule has 4 nitrogen and oxygen atoms in total. The molecule has 0 aliphatic rings. The van der Waals surface area contributed by atoms with Crippen LogP contribution in [-0.4, -0.2) is 36.1 Å². The summed E-state index contributed by atoms with van der Waals surface area (Å²) in [7, 11) is 0. The molecule has 0 spiro atoms. The number of aliphatic hydroxyl groups is 1. The van der Waals surface area contributed by atoms with Crippen LogP contribution in [0.25, 0.3) is 0 Å². The Morgan fingerprint density at radius 3 is 2.47 bits per heavy atom. The van der Waals surface area contributed by atoms with Gasteiger partial charge in [-0.15, -0.1) is 0 Å². The zero-order chi connectivity index (χ0) is 13.5. The van der Waals surface area contributed by atoms with E-state index in [1.807, 2.05) is 6.92 Å². The number of amides is 1. The van der Waals surface area contributed by atoms with Crippen LogP contribution in [0.5, 0.6) is 0 Å². The number of hydrogen-bond donors (Lipinski definition) is 3. The van der Waals surface area contributed by atoms with Crippen LogP contribution in [0.15, 0.2) is 0 Å². The maximum atomic E-state index is 12.7. The van der Waals surface area contributed by atoms with Crippen molar-refractivity contribution >= 4 is 5.91 Å². The Balaban J connectivity index is 3.82. The molecular formula is C11H22F2N2O2. The summed E-state index contributed by atoms with van der Waals surface area (Å²) in [6, 6.07) is 0.0870. The van der Waals surface area contributed by atoms with Crippen LogP contribution in [-0.2, 0) is 4.79 Å². The Morgan fingerprint density at radius 2 is 2.00 bits per heavy atom. The van der Waals surface area contributed by atoms with E-state index in [1.165, 1.54) is 0 Å². The molecule has 0 radical (unpaired) electrons. The molecule has 0 bridgehead atoms. The van der Waals surface area contributed by atoms with Crippen molar-refractivity contribution in [2.24, 2.45) is 11.7 Å². The van der Waals surface area contributed by atoms with E-state index < -0.39 is 25.0 Å². The average Bonchev–Trinajstić information content (AvgIpc) is 2.25. The number of nitrogens with two attached hydrogens (primary N) is 1. The first-order valence-corrected chi connectivity index (χ1v) is 5.80. The van der Waals surface area contributed by atoms with Gasteiger partial charge in [0.25, 0.3) is 5.92 Å². The molecule has 0 saturated carbocycles. The third kappa shape index (κ3) is 8.04. The zero-order valence-electron chi connectivity index (χ0n) is 10.4. The molecule has 0 aliphatic heterocycles. The molecule has 102 valence electrons. The van der Waals surface area contributed by atoms with Crippen molar-refractivity contribution in [2.75, 3.05) is 13.2 Å². The van der Waals surface area contributed by atoms with Gasteiger partial charge in [-0.2, -0.15) is 0 Å². The predicted molar refractivity (Wildman–Crippen MR) is 61.7 cm³/mol. The Labute approximate surface area is 101 Å². The van der Waals surface area contributed by atoms with Gasteiger partial charge >= 0.3 is 0 Å². The van der Waals surface area contributed by atoms with E-state index in [0.717, 1.165) is 12.8 Å². The molecule has 17 heavy (non-hydrogen) atoms. The topological polar surface area (TPSA) is 75.4 Å². The fourth-order valence-electron chi connectivity index (χ4n) is 1.32. The number of rotatable bonds is 8. The highest BCUT2D eigenvalue weighted by Gasteiger charge is 2.28. The zero-order valence-corrected chi connectivity index (χ0v) is 10.4. The largest absolute Gasteiger partial charge is 0.390 e. The van der Waals surface area contributed by atoms with E-state index in [9.17, 15) is 13.6 Å². The summed E-state index contributed by atoms with van der Waals surface area (Å²) in [6.07, 6.45) is 2.23. The monoisotopic (exact) mass is 252 g/mol. The van der Waals surface area contributed by atoms with E-state index in [0.29, 0.717) is 6.42 Å². The van der Waals surface area contributed by atoms with Gasteiger partial charge in [0.2, 0.25) is 5.91 Å². The Hall–Kier alpha value is -0.750. The maximum Gasteiger partial charge on any atom is 0.287 e. The third-order valence-corrected chi connectivity index (χ3v) is 2.50. The van der Waals surface area contributed by atoms with Gasteiger partial charge < -0.3 is 16.2 Å². The minimum Gasteiger partial charge on any atom is -0.390 e. The van der Waals surface area contributed by atoms with Crippen LogP contribution in [0.4, 0.5) is 8.78 Å². The number of nitrogens with one attached hydrogen (secondary N) is 1. The number of halogens is 2. The normalized spacial score (nSPS) is 15.4. The second-order valence-electron chi connectivity index (χ2n) is 4.54. The van der Waals surface area contributed by atoms with E-state index in [2.05, 4.69) is 5.32 Å². The Morgan fingerprint density at radius 1 is 1.41 bits per heavy atom. The molecule has 2 unspecified atom stereocenters. The lowest BCUT2D eigenvalue weighted by atomic mass is 10.0. The molecule has 0 aromatic rings. The third-order valence-electron chi connectivity index (χ3n) is 2.50. The van der Waals surface area contributed by atoms with Gasteiger partial charge in [0, 0.05) is 12.0 Å². The standard InChI is InChI=1S/C11H22F2N2O2/c1-8(4-3-5-9(2)14)10(17)15-6-11(12,13)7-16/h8-9,16H,3-7,14H2,1-2H3,(H,15,17). The van der Waals surface area contributed by atoms with Crippen molar-refractivity contribution in [3.05, 3.63) is 0 Å². The lowest BCUT2D eigenvalue weighted by Gasteiger charge is -2.17. The molecule has 1 amide bonds. The highest BCUT2D eigenvalue weighted by atomic mass is 19.3. The molecule has 0 rings (SSSR count). The van der Waals surface area contributed by atoms with Gasteiger partial charge in [-0.05, 0) is 19.8 Å². The highest BCUT2D eigenvalue weighted by Crippen LogP contribution is 2.12. The lowest BCUT2D eigenvalue weighted by Crippen LogP contribution is -2.41. The van der Waals surface area contributed by atoms with Gasteiger partial charge in [-0.1, -0.05) is 13.3 Å². The van der Waals surface area contributed by atoms with Gasteiger partial charge in [-0.3, -0.25) is 4.79 Å². The molecule has 0 aromatic carbocycles. The van der Waals surface area contributed by atoms with Crippen molar-refractivity contribution in [2.45, 2.75) is 45.1 Å². The quantitative estimate of drug-likeness (QED) is 0.600. The van der Waals surface area contributed by atoms with E-state index in [4.69, 9.17) is 10.8 Å². The summed E-state index contributed by atoms with van der Waals surface area (Å²) in [5, 5.41) is 10.5. The minimum absolute atomic E-state index is 0.0870. The molecule has 0 heterocycles. The van der Waals surface area contributed by atoms with E-state index >= 15 is 0 Å². The van der Waals surface area contributed by atoms with Crippen LogP contribution >= 0.6 is 0 Å². The summed E-state index contributed by atoms with van der Waals surface area (Å²) in [6.45, 7) is 1.49. The second kappa shape index (κ2) is 7.55. The number of carbonyl (C=O) groups excluding carboxylic acids is 1. The Kier molecular flexibility index (Phi) is 7.22. The van der Waals surface area contributed by atoms with Crippen LogP contribution in [0.1, 0.15) is 33.1 Å². The maximum absolute atomic E-state index is 12.7. The van der Waals surface area contributed by atoms with Crippen LogP contribution in [0.3, 0.4) is 0 Å². The summed E-state index contributed by atoms with van der Waals surface area (Å²) in [5.41, 5.74) is 5.56. The summed E-state index contributed by atoms with van der Waals surface area (Å²) in [4.78, 5) is 11.4. The van der Waals surface area contributed by atoms with Crippen LogP contribution in [0, 0.1) is 5.92 Å². The number of hydrogen-bond acceptors (Lipinski definition) is 3. The van der Waals surface area contributed by atoms with Gasteiger partial charge in [-0.25, -0.2) is 8.78 Å². The molecule has 2 atom stereocenters. The fourth-order valence-corrected chi connectivity index (χ4v) is 1.32. The van der Waals surface area contributed by atoms with Crippen LogP contribution in [0.2, 0.25) is 0 Å². The minimum atomic E-state index is -3.25. The van der Waals surface area contributed by atoms with E-state index in [-0.39, 0.29) is 12.0 Å². The SMILES string of the molecule is CC(N)CCCC(C)C(=O)NCC(F)(F)CO. The van der Waals surface area contributed by atoms with Crippen molar-refractivity contribution in [1.29, 1.82) is 0 Å². The van der Waals surface area contributed by atoms with Crippen molar-refractivity contribution in [1.82, 2.24) is 5.32 Å². The summed E-state index contributed by atoms with van der Waals surface area (Å²) in [5.74, 6) is -3.98. The van der Waals surface area contributed by atoms with Crippen LogP contribution < -0.4 is 11.1 Å². The predicted octanol–water partition coefficient (Wildman–Crippen LogP) is 0.884. The molecule has 0 fully saturated rings. The molecule has 0 aliphatic carbocycles. The Bertz CT molecular complexity index is 236. The summed E-state index contributed by atoms with van der Waals surface area (Å²) >= 11 is 0. The fraction of sp³-hybridized carbons (Fsp3) is 0.909. The molecule has 0 aromatic heterocycles. The number of aliphatic hydroxyl groups excluding tert-OH is 1. The first kappa shape index (κ1) is 16.2. The van der Waals surface area contributed by atoms with Gasteiger partial charge in [0.05, 0.1) is 6.54 Å². The van der Waals surface area contributed by atoms with Crippen molar-refractivity contribution in [3.8, 4) is 0 Å². The number of alkyl halides is 2. The van der Waals surface area contributed by atoms with E-state index in [1.54, 1.807) is 6.92 Å². The highest BCUT2D eigenvalue weighted by molar-refractivity contribution is 5.78. The van der Waals surface area contributed by atoms with Crippen molar-refractivity contribution < 1.29 is 18.7 Å². The van der Waals surface area contributed by atoms with Gasteiger partial charge in [0.1, 0.15) is 6.61 Å². The molecule has 4 N–H and O–H groups in total. The molecule has 0 saturated heterocycles. The molecular weight excluding hydrogens is 230 g/mol. The first-order chi connectivity index (χ1) is 7.78. The lowest BCUT2D eigenvalue weighted by molar-refractivity contribution is -0.127. The second-order valence-corrected chi connectivity index (χ2v) is 4.54. The molecule has 6 heteroatoms. The summed E-state index contributed by atoms with van der Waals surface area (Å²) < 4.78 is 25.3. The van der Waals surface area contributed by atoms with Crippen molar-refractivity contribution in [3.63, 3.8) is 0 Å². The first-order valence-electron chi connectivity index (χ1n) is 5.80. The van der Waals surface area contributed by atoms with Gasteiger partial charge in [0.15, 0.2) is 0 Å². The smallest absolute Gasteiger partial charge is 0.287 e.